The number of nitriles is 1. The fourth-order valence-electron chi connectivity index (χ4n) is 8.29. The second-order valence-electron chi connectivity index (χ2n) is 14.4. The van der Waals surface area contributed by atoms with Crippen LogP contribution in [0.3, 0.4) is 0 Å². The first-order valence-corrected chi connectivity index (χ1v) is 22.8. The topological polar surface area (TPSA) is 109 Å². The van der Waals surface area contributed by atoms with E-state index in [4.69, 9.17) is 34.2 Å². The minimum Gasteiger partial charge on any atom is -0.385 e. The molecule has 0 radical (unpaired) electrons. The molecule has 53 heavy (non-hydrogen) atoms. The molecule has 4 saturated heterocycles. The number of nitrogens with two attached hydrogens (primary N) is 1. The first-order chi connectivity index (χ1) is 25.3. The lowest BCUT2D eigenvalue weighted by Gasteiger charge is -2.40. The molecule has 4 fully saturated rings. The first-order valence-electron chi connectivity index (χ1n) is 18.9. The molecule has 0 saturated carbocycles. The van der Waals surface area contributed by atoms with Gasteiger partial charge in [-0.05, 0) is 138 Å². The normalized spacial score (nSPS) is 23.2. The highest BCUT2D eigenvalue weighted by Gasteiger charge is 2.34. The van der Waals surface area contributed by atoms with Gasteiger partial charge in [0.2, 0.25) is 6.19 Å². The van der Waals surface area contributed by atoms with Crippen molar-refractivity contribution in [3.8, 4) is 6.19 Å². The quantitative estimate of drug-likeness (QED) is 0.264. The Kier molecular flexibility index (Phi) is 19.2. The van der Waals surface area contributed by atoms with E-state index in [1.54, 1.807) is 18.0 Å². The maximum Gasteiger partial charge on any atom is 0.212 e. The van der Waals surface area contributed by atoms with Gasteiger partial charge in [-0.3, -0.25) is 9.80 Å². The molecule has 9 nitrogen and oxygen atoms in total. The molecule has 7 rings (SSSR count). The standard InChI is InChI=1S/C19H26ClN5.C16H23ClN2.C4H8N2S2.ClH/c20-15-5-3-14(4-6-15)12-17-2-1-9-25(17)16-7-10-24(11-8-16)19-13-18(21)22-23-19;17-14-5-3-13(4-6-14)12-16-2-1-11-19(16)15-7-9-18-10-8-15;1-7-4-8(2)6-3-5;/h3-6,16-17H,1-2,7-13H2,(H2,21,22);3-6,15-16,18H,1-2,7-12H2;4H2,1-2H3;1H/t17-;16-;;/m11../s1. The number of nitrogens with one attached hydrogen (secondary N) is 1. The lowest BCUT2D eigenvalue weighted by Crippen LogP contribution is -2.48. The second kappa shape index (κ2) is 23.2. The maximum atomic E-state index is 8.04. The Bertz CT molecular complexity index is 1520. The Morgan fingerprint density at radius 3 is 1.79 bits per heavy atom. The van der Waals surface area contributed by atoms with Gasteiger partial charge in [-0.2, -0.15) is 21.4 Å². The van der Waals surface area contributed by atoms with Gasteiger partial charge >= 0.3 is 0 Å². The number of likely N-dealkylation sites (tertiary alicyclic amines) is 3. The molecule has 0 amide bonds. The van der Waals surface area contributed by atoms with Crippen LogP contribution < -0.4 is 11.1 Å². The van der Waals surface area contributed by atoms with Crippen LogP contribution in [0, 0.1) is 11.5 Å². The van der Waals surface area contributed by atoms with Gasteiger partial charge in [0.25, 0.3) is 0 Å². The van der Waals surface area contributed by atoms with Gasteiger partial charge in [-0.1, -0.05) is 58.2 Å². The molecule has 0 bridgehead atoms. The van der Waals surface area contributed by atoms with Crippen molar-refractivity contribution in [2.24, 2.45) is 20.3 Å². The van der Waals surface area contributed by atoms with E-state index in [0.717, 1.165) is 52.6 Å². The van der Waals surface area contributed by atoms with Gasteiger partial charge in [0, 0.05) is 47.3 Å². The number of rotatable bonds is 8. The van der Waals surface area contributed by atoms with Gasteiger partial charge in [-0.15, -0.1) is 22.6 Å². The fourth-order valence-corrected chi connectivity index (χ4v) is 10.3. The molecule has 5 aliphatic heterocycles. The van der Waals surface area contributed by atoms with Crippen LogP contribution >= 0.6 is 47.4 Å². The molecule has 14 heteroatoms. The zero-order valence-electron chi connectivity index (χ0n) is 31.3. The molecule has 292 valence electrons. The fraction of sp³-hybridized carbons (Fsp3) is 0.615. The Hall–Kier alpha value is -1.88. The first kappa shape index (κ1) is 43.8. The van der Waals surface area contributed by atoms with E-state index in [1.165, 1.54) is 95.1 Å². The summed E-state index contributed by atoms with van der Waals surface area (Å²) in [5.74, 6) is 1.69. The summed E-state index contributed by atoms with van der Waals surface area (Å²) in [7, 11) is -0.0432. The van der Waals surface area contributed by atoms with Crippen LogP contribution in [0.2, 0.25) is 10.0 Å². The van der Waals surface area contributed by atoms with Crippen LogP contribution in [0.15, 0.2) is 63.1 Å². The number of nitrogens with zero attached hydrogens (tertiary/aromatic N) is 7. The third-order valence-corrected chi connectivity index (χ3v) is 14.0. The highest BCUT2D eigenvalue weighted by molar-refractivity contribution is 8.10. The SMILES string of the molecule is CSCS(C)=NC#N.Cl.Clc1ccc(C[C@H]2CCCN2C2CCNCC2)cc1.NC1=NN=C(N2CCC(N3CCC[C@@H]3Cc3ccc(Cl)cc3)CC2)C1. The molecule has 3 atom stereocenters. The Balaban J connectivity index is 0.000000199. The molecule has 5 aliphatic rings. The van der Waals surface area contributed by atoms with E-state index in [0.29, 0.717) is 24.3 Å². The largest absolute Gasteiger partial charge is 0.385 e. The van der Waals surface area contributed by atoms with Crippen molar-refractivity contribution in [1.82, 2.24) is 20.0 Å². The van der Waals surface area contributed by atoms with Crippen LogP contribution in [-0.4, -0.2) is 107 Å². The molecular formula is C39H58Cl3N9S2. The number of benzene rings is 2. The third-order valence-electron chi connectivity index (χ3n) is 10.8. The van der Waals surface area contributed by atoms with Crippen molar-refractivity contribution in [2.75, 3.05) is 56.9 Å². The van der Waals surface area contributed by atoms with Gasteiger partial charge < -0.3 is 16.0 Å². The van der Waals surface area contributed by atoms with E-state index in [1.807, 2.05) is 36.8 Å². The lowest BCUT2D eigenvalue weighted by atomic mass is 9.98. The van der Waals surface area contributed by atoms with E-state index >= 15 is 0 Å². The number of hydrogen-bond donors (Lipinski definition) is 2. The minimum absolute atomic E-state index is 0. The number of halogens is 3. The summed E-state index contributed by atoms with van der Waals surface area (Å²) in [6, 6.07) is 19.6. The van der Waals surface area contributed by atoms with Gasteiger partial charge in [0.1, 0.15) is 11.7 Å². The lowest BCUT2D eigenvalue weighted by molar-refractivity contribution is 0.123. The van der Waals surface area contributed by atoms with Gasteiger partial charge in [0.05, 0.1) is 11.5 Å². The molecule has 2 aromatic rings. The predicted molar refractivity (Wildman–Crippen MR) is 231 cm³/mol. The van der Waals surface area contributed by atoms with Crippen molar-refractivity contribution in [3.63, 3.8) is 0 Å². The van der Waals surface area contributed by atoms with E-state index < -0.39 is 0 Å². The van der Waals surface area contributed by atoms with E-state index in [2.05, 4.69) is 58.8 Å². The Morgan fingerprint density at radius 1 is 0.830 bits per heavy atom. The summed E-state index contributed by atoms with van der Waals surface area (Å²) in [5.41, 5.74) is 8.57. The highest BCUT2D eigenvalue weighted by Crippen LogP contribution is 2.30. The Morgan fingerprint density at radius 2 is 1.34 bits per heavy atom. The van der Waals surface area contributed by atoms with Crippen LogP contribution in [-0.2, 0) is 23.5 Å². The number of amidine groups is 2. The van der Waals surface area contributed by atoms with Crippen molar-refractivity contribution in [2.45, 2.75) is 94.8 Å². The maximum absolute atomic E-state index is 8.04. The van der Waals surface area contributed by atoms with E-state index in [-0.39, 0.29) is 23.1 Å². The summed E-state index contributed by atoms with van der Waals surface area (Å²) in [6.07, 6.45) is 19.2. The molecule has 0 aliphatic carbocycles. The van der Waals surface area contributed by atoms with Crippen LogP contribution in [0.1, 0.15) is 68.9 Å². The molecular weight excluding hydrogens is 765 g/mol. The molecule has 2 aromatic carbocycles. The van der Waals surface area contributed by atoms with Gasteiger partial charge in [0.15, 0.2) is 0 Å². The molecule has 3 N–H and O–H groups in total. The zero-order chi connectivity index (χ0) is 36.7. The van der Waals surface area contributed by atoms with Crippen molar-refractivity contribution in [1.29, 1.82) is 5.26 Å². The predicted octanol–water partition coefficient (Wildman–Crippen LogP) is 7.63. The summed E-state index contributed by atoms with van der Waals surface area (Å²) >= 11 is 13.7. The molecule has 5 heterocycles. The van der Waals surface area contributed by atoms with Crippen molar-refractivity contribution >= 4 is 69.7 Å². The van der Waals surface area contributed by atoms with Crippen LogP contribution in [0.25, 0.3) is 0 Å². The van der Waals surface area contributed by atoms with Crippen molar-refractivity contribution in [3.05, 3.63) is 69.7 Å². The molecule has 0 spiro atoms. The average molecular weight is 823 g/mol. The number of thioether (sulfide) groups is 1. The van der Waals surface area contributed by atoms with Gasteiger partial charge in [-0.25, -0.2) is 0 Å². The number of piperidine rings is 2. The zero-order valence-corrected chi connectivity index (χ0v) is 35.3. The van der Waals surface area contributed by atoms with E-state index in [9.17, 15) is 0 Å². The average Bonchev–Trinajstić information content (AvgIpc) is 3.93. The number of hydrogen-bond acceptors (Lipinski definition) is 10. The smallest absolute Gasteiger partial charge is 0.212 e. The molecule has 0 aromatic heterocycles. The van der Waals surface area contributed by atoms with Crippen molar-refractivity contribution < 1.29 is 0 Å². The summed E-state index contributed by atoms with van der Waals surface area (Å²) < 4.78 is 3.63. The second-order valence-corrected chi connectivity index (χ2v) is 18.2. The summed E-state index contributed by atoms with van der Waals surface area (Å²) in [6.45, 7) is 7.04. The monoisotopic (exact) mass is 821 g/mol. The van der Waals surface area contributed by atoms with Crippen LogP contribution in [0.4, 0.5) is 0 Å². The minimum atomic E-state index is -0.0432. The third kappa shape index (κ3) is 14.0. The highest BCUT2D eigenvalue weighted by atomic mass is 35.5. The van der Waals surface area contributed by atoms with Crippen LogP contribution in [0.5, 0.6) is 0 Å². The molecule has 1 unspecified atom stereocenters. The summed E-state index contributed by atoms with van der Waals surface area (Å²) in [4.78, 5) is 7.90. The summed E-state index contributed by atoms with van der Waals surface area (Å²) in [5, 5.41) is 22.3. The Labute approximate surface area is 341 Å².